The molecule has 3 N–H and O–H groups in total. The lowest BCUT2D eigenvalue weighted by Crippen LogP contribution is -2.51. The first-order valence-electron chi connectivity index (χ1n) is 11.9. The molecule has 2 unspecified atom stereocenters. The van der Waals surface area contributed by atoms with E-state index in [0.717, 1.165) is 22.3 Å². The first-order chi connectivity index (χ1) is 16.7. The van der Waals surface area contributed by atoms with Crippen molar-refractivity contribution in [2.45, 2.75) is 45.2 Å². The Bertz CT molecular complexity index is 1010. The Morgan fingerprint density at radius 2 is 1.54 bits per heavy atom. The standard InChI is InChI=1S/C27H34N2O5S/c1-16(2)24(25(30)29-23(26(31)32)13-14-35-4)17(3)28-27(33)34-15-22-20-11-7-5-9-18(20)19-10-6-8-12-21(19)22/h5-12,16-17,22-24H,13-15H2,1-4H3,(H,28,33)(H,29,30)(H,31,32)/t17?,23-,24?/m0/s1. The highest BCUT2D eigenvalue weighted by Gasteiger charge is 2.33. The number of amides is 2. The molecule has 2 aromatic rings. The van der Waals surface area contributed by atoms with Crippen LogP contribution in [0.5, 0.6) is 0 Å². The van der Waals surface area contributed by atoms with Gasteiger partial charge in [0.2, 0.25) is 5.91 Å². The second-order valence-corrected chi connectivity index (χ2v) is 10.2. The maximum atomic E-state index is 13.0. The second-order valence-electron chi connectivity index (χ2n) is 9.21. The highest BCUT2D eigenvalue weighted by Crippen LogP contribution is 2.44. The number of carbonyl (C=O) groups is 3. The Morgan fingerprint density at radius 3 is 2.06 bits per heavy atom. The molecule has 0 spiro atoms. The number of alkyl carbamates (subject to hydrolysis) is 1. The molecule has 0 bridgehead atoms. The number of benzene rings is 2. The Balaban J connectivity index is 1.62. The van der Waals surface area contributed by atoms with Crippen molar-refractivity contribution in [2.24, 2.45) is 11.8 Å². The molecule has 0 heterocycles. The van der Waals surface area contributed by atoms with Crippen molar-refractivity contribution in [3.63, 3.8) is 0 Å². The third-order valence-corrected chi connectivity index (χ3v) is 7.12. The maximum Gasteiger partial charge on any atom is 0.407 e. The van der Waals surface area contributed by atoms with Gasteiger partial charge in [-0.15, -0.1) is 0 Å². The van der Waals surface area contributed by atoms with Gasteiger partial charge in [0.05, 0.1) is 5.92 Å². The Hall–Kier alpha value is -3.00. The van der Waals surface area contributed by atoms with Crippen molar-refractivity contribution < 1.29 is 24.2 Å². The molecule has 0 aromatic heterocycles. The number of aliphatic carboxylic acids is 1. The fraction of sp³-hybridized carbons (Fsp3) is 0.444. The largest absolute Gasteiger partial charge is 0.480 e. The van der Waals surface area contributed by atoms with Gasteiger partial charge >= 0.3 is 12.1 Å². The summed E-state index contributed by atoms with van der Waals surface area (Å²) in [6, 6.07) is 14.7. The van der Waals surface area contributed by atoms with Crippen LogP contribution in [0.2, 0.25) is 0 Å². The smallest absolute Gasteiger partial charge is 0.407 e. The normalized spacial score (nSPS) is 15.0. The lowest BCUT2D eigenvalue weighted by Gasteiger charge is -2.28. The minimum absolute atomic E-state index is 0.0552. The van der Waals surface area contributed by atoms with Crippen LogP contribution in [0.4, 0.5) is 4.79 Å². The maximum absolute atomic E-state index is 13.0. The number of ether oxygens (including phenoxy) is 1. The summed E-state index contributed by atoms with van der Waals surface area (Å²) in [6.07, 6.45) is 1.62. The van der Waals surface area contributed by atoms with Gasteiger partial charge in [-0.2, -0.15) is 11.8 Å². The number of carboxylic acids is 1. The Kier molecular flexibility index (Phi) is 9.20. The van der Waals surface area contributed by atoms with Crippen LogP contribution in [0.1, 0.15) is 44.2 Å². The number of fused-ring (bicyclic) bond motifs is 3. The van der Waals surface area contributed by atoms with E-state index in [4.69, 9.17) is 4.74 Å². The third kappa shape index (κ3) is 6.36. The summed E-state index contributed by atoms with van der Waals surface area (Å²) in [5.74, 6) is -1.61. The molecular formula is C27H34N2O5S. The zero-order valence-electron chi connectivity index (χ0n) is 20.6. The van der Waals surface area contributed by atoms with Crippen molar-refractivity contribution in [2.75, 3.05) is 18.6 Å². The summed E-state index contributed by atoms with van der Waals surface area (Å²) in [4.78, 5) is 37.2. The highest BCUT2D eigenvalue weighted by molar-refractivity contribution is 7.98. The summed E-state index contributed by atoms with van der Waals surface area (Å²) in [5, 5.41) is 14.9. The lowest BCUT2D eigenvalue weighted by molar-refractivity contribution is -0.143. The molecule has 188 valence electrons. The van der Waals surface area contributed by atoms with E-state index in [2.05, 4.69) is 34.9 Å². The van der Waals surface area contributed by atoms with Gasteiger partial charge < -0.3 is 20.5 Å². The third-order valence-electron chi connectivity index (χ3n) is 6.47. The van der Waals surface area contributed by atoms with Gasteiger partial charge in [-0.1, -0.05) is 62.4 Å². The average Bonchev–Trinajstić information content (AvgIpc) is 3.13. The van der Waals surface area contributed by atoms with Crippen LogP contribution in [-0.4, -0.2) is 53.8 Å². The minimum Gasteiger partial charge on any atom is -0.480 e. The number of hydrogen-bond donors (Lipinski definition) is 3. The van der Waals surface area contributed by atoms with Crippen molar-refractivity contribution in [1.29, 1.82) is 0 Å². The molecule has 2 aromatic carbocycles. The van der Waals surface area contributed by atoms with Gasteiger partial charge in [-0.25, -0.2) is 9.59 Å². The van der Waals surface area contributed by atoms with Gasteiger partial charge in [0.15, 0.2) is 0 Å². The number of hydrogen-bond acceptors (Lipinski definition) is 5. The van der Waals surface area contributed by atoms with Gasteiger partial charge in [-0.3, -0.25) is 4.79 Å². The molecule has 2 amide bonds. The van der Waals surface area contributed by atoms with Gasteiger partial charge in [0, 0.05) is 12.0 Å². The van der Waals surface area contributed by atoms with Crippen molar-refractivity contribution in [1.82, 2.24) is 10.6 Å². The summed E-state index contributed by atoms with van der Waals surface area (Å²) >= 11 is 1.52. The number of thioether (sulfide) groups is 1. The van der Waals surface area contributed by atoms with Crippen molar-refractivity contribution in [3.8, 4) is 11.1 Å². The van der Waals surface area contributed by atoms with Gasteiger partial charge in [-0.05, 0) is 53.5 Å². The summed E-state index contributed by atoms with van der Waals surface area (Å²) in [6.45, 7) is 5.67. The molecule has 3 rings (SSSR count). The van der Waals surface area contributed by atoms with Crippen molar-refractivity contribution in [3.05, 3.63) is 59.7 Å². The van der Waals surface area contributed by atoms with E-state index < -0.39 is 30.1 Å². The predicted molar refractivity (Wildman–Crippen MR) is 139 cm³/mol. The molecule has 7 nitrogen and oxygen atoms in total. The van der Waals surface area contributed by atoms with Crippen molar-refractivity contribution >= 4 is 29.7 Å². The van der Waals surface area contributed by atoms with Crippen LogP contribution < -0.4 is 10.6 Å². The van der Waals surface area contributed by atoms with Gasteiger partial charge in [0.1, 0.15) is 12.6 Å². The lowest BCUT2D eigenvalue weighted by atomic mass is 9.88. The molecule has 3 atom stereocenters. The van der Waals surface area contributed by atoms with E-state index in [9.17, 15) is 19.5 Å². The molecule has 1 aliphatic carbocycles. The van der Waals surface area contributed by atoms with E-state index in [1.807, 2.05) is 44.4 Å². The molecule has 0 saturated carbocycles. The number of carbonyl (C=O) groups excluding carboxylic acids is 2. The van der Waals surface area contributed by atoms with Gasteiger partial charge in [0.25, 0.3) is 0 Å². The number of rotatable bonds is 11. The molecule has 35 heavy (non-hydrogen) atoms. The topological polar surface area (TPSA) is 105 Å². The molecule has 1 aliphatic rings. The molecule has 0 saturated heterocycles. The summed E-state index contributed by atoms with van der Waals surface area (Å²) in [5.41, 5.74) is 4.55. The van der Waals surface area contributed by atoms with Crippen LogP contribution in [0, 0.1) is 11.8 Å². The number of nitrogens with one attached hydrogen (secondary N) is 2. The zero-order valence-corrected chi connectivity index (χ0v) is 21.4. The second kappa shape index (κ2) is 12.1. The van der Waals surface area contributed by atoms with E-state index >= 15 is 0 Å². The van der Waals surface area contributed by atoms with E-state index in [0.29, 0.717) is 12.2 Å². The zero-order chi connectivity index (χ0) is 25.5. The Labute approximate surface area is 211 Å². The molecule has 0 aliphatic heterocycles. The Morgan fingerprint density at radius 1 is 0.971 bits per heavy atom. The molecule has 0 fully saturated rings. The summed E-state index contributed by atoms with van der Waals surface area (Å²) < 4.78 is 5.61. The van der Waals surface area contributed by atoms with Crippen LogP contribution in [0.25, 0.3) is 11.1 Å². The van der Waals surface area contributed by atoms with E-state index in [-0.39, 0.29) is 24.3 Å². The van der Waals surface area contributed by atoms with Crippen LogP contribution in [-0.2, 0) is 14.3 Å². The van der Waals surface area contributed by atoms with E-state index in [1.165, 1.54) is 11.8 Å². The molecular weight excluding hydrogens is 464 g/mol. The molecule has 0 radical (unpaired) electrons. The quantitative estimate of drug-likeness (QED) is 0.421. The fourth-order valence-corrected chi connectivity index (χ4v) is 5.26. The van der Waals surface area contributed by atoms with Crippen LogP contribution in [0.3, 0.4) is 0 Å². The minimum atomic E-state index is -1.06. The fourth-order valence-electron chi connectivity index (χ4n) is 4.78. The monoisotopic (exact) mass is 498 g/mol. The SMILES string of the molecule is CSCC[C@H](NC(=O)C(C(C)C)C(C)NC(=O)OCC1c2ccccc2-c2ccccc21)C(=O)O. The molecule has 8 heteroatoms. The van der Waals surface area contributed by atoms with Crippen LogP contribution in [0.15, 0.2) is 48.5 Å². The van der Waals surface area contributed by atoms with E-state index in [1.54, 1.807) is 6.92 Å². The first-order valence-corrected chi connectivity index (χ1v) is 13.3. The predicted octanol–water partition coefficient (Wildman–Crippen LogP) is 4.51. The first kappa shape index (κ1) is 26.6. The van der Waals surface area contributed by atoms with Crippen LogP contribution >= 0.6 is 11.8 Å². The summed E-state index contributed by atoms with van der Waals surface area (Å²) in [7, 11) is 0. The highest BCUT2D eigenvalue weighted by atomic mass is 32.2. The average molecular weight is 499 g/mol. The number of carboxylic acid groups (broad SMARTS) is 1.